The average Bonchev–Trinajstić information content (AvgIpc) is 2.46. The Morgan fingerprint density at radius 3 is 2.48 bits per heavy atom. The SMILES string of the molecule is CC(O)(COc1c(Br)cccc1C(=O)O)c1ccccc1. The van der Waals surface area contributed by atoms with Gasteiger partial charge in [0.1, 0.15) is 23.5 Å². The van der Waals surface area contributed by atoms with Gasteiger partial charge < -0.3 is 14.9 Å². The molecule has 2 N–H and O–H groups in total. The first-order valence-electron chi connectivity index (χ1n) is 6.34. The molecule has 2 aromatic rings. The van der Waals surface area contributed by atoms with E-state index in [9.17, 15) is 15.0 Å². The van der Waals surface area contributed by atoms with Crippen molar-refractivity contribution in [3.05, 3.63) is 64.1 Å². The van der Waals surface area contributed by atoms with E-state index < -0.39 is 11.6 Å². The number of aliphatic hydroxyl groups is 1. The van der Waals surface area contributed by atoms with Crippen LogP contribution in [0.5, 0.6) is 5.75 Å². The van der Waals surface area contributed by atoms with Crippen LogP contribution in [0.2, 0.25) is 0 Å². The van der Waals surface area contributed by atoms with Gasteiger partial charge >= 0.3 is 5.97 Å². The van der Waals surface area contributed by atoms with Crippen molar-refractivity contribution in [1.82, 2.24) is 0 Å². The van der Waals surface area contributed by atoms with Gasteiger partial charge in [-0.3, -0.25) is 0 Å². The molecular formula is C16H15BrO4. The number of ether oxygens (including phenoxy) is 1. The fourth-order valence-electron chi connectivity index (χ4n) is 1.92. The second-order valence-electron chi connectivity index (χ2n) is 4.85. The maximum Gasteiger partial charge on any atom is 0.339 e. The first kappa shape index (κ1) is 15.5. The number of rotatable bonds is 5. The molecule has 1 atom stereocenters. The van der Waals surface area contributed by atoms with E-state index in [4.69, 9.17) is 4.74 Å². The quantitative estimate of drug-likeness (QED) is 0.866. The minimum atomic E-state index is -1.22. The van der Waals surface area contributed by atoms with E-state index in [1.165, 1.54) is 6.07 Å². The highest BCUT2D eigenvalue weighted by molar-refractivity contribution is 9.10. The molecule has 0 spiro atoms. The molecule has 0 amide bonds. The maximum absolute atomic E-state index is 11.2. The van der Waals surface area contributed by atoms with Gasteiger partial charge in [0, 0.05) is 0 Å². The number of halogens is 1. The fourth-order valence-corrected chi connectivity index (χ4v) is 2.40. The summed E-state index contributed by atoms with van der Waals surface area (Å²) in [6.07, 6.45) is 0. The number of carboxylic acids is 1. The molecule has 2 aromatic carbocycles. The number of hydrogen-bond donors (Lipinski definition) is 2. The lowest BCUT2D eigenvalue weighted by atomic mass is 9.97. The molecule has 21 heavy (non-hydrogen) atoms. The summed E-state index contributed by atoms with van der Waals surface area (Å²) in [7, 11) is 0. The minimum Gasteiger partial charge on any atom is -0.488 e. The van der Waals surface area contributed by atoms with Crippen LogP contribution in [0.1, 0.15) is 22.8 Å². The minimum absolute atomic E-state index is 0.0493. The number of aromatic carboxylic acids is 1. The molecule has 110 valence electrons. The summed E-state index contributed by atoms with van der Waals surface area (Å²) in [5.41, 5.74) is -0.464. The van der Waals surface area contributed by atoms with Gasteiger partial charge in [0.2, 0.25) is 0 Å². The Hall–Kier alpha value is -1.85. The average molecular weight is 351 g/mol. The molecule has 0 saturated carbocycles. The molecule has 0 radical (unpaired) electrons. The number of hydrogen-bond acceptors (Lipinski definition) is 3. The molecular weight excluding hydrogens is 336 g/mol. The van der Waals surface area contributed by atoms with E-state index in [1.54, 1.807) is 31.2 Å². The van der Waals surface area contributed by atoms with Crippen molar-refractivity contribution in [2.24, 2.45) is 0 Å². The largest absolute Gasteiger partial charge is 0.488 e. The van der Waals surface area contributed by atoms with E-state index in [2.05, 4.69) is 15.9 Å². The van der Waals surface area contributed by atoms with Gasteiger partial charge in [0.25, 0.3) is 0 Å². The maximum atomic E-state index is 11.2. The molecule has 2 rings (SSSR count). The molecule has 0 heterocycles. The van der Waals surface area contributed by atoms with Crippen molar-refractivity contribution in [2.45, 2.75) is 12.5 Å². The summed E-state index contributed by atoms with van der Waals surface area (Å²) >= 11 is 3.27. The number of benzene rings is 2. The third-order valence-electron chi connectivity index (χ3n) is 3.09. The molecule has 0 aliphatic carbocycles. The topological polar surface area (TPSA) is 66.8 Å². The van der Waals surface area contributed by atoms with Gasteiger partial charge in [-0.15, -0.1) is 0 Å². The van der Waals surface area contributed by atoms with Crippen LogP contribution in [0.15, 0.2) is 53.0 Å². The lowest BCUT2D eigenvalue weighted by molar-refractivity contribution is 0.00677. The standard InChI is InChI=1S/C16H15BrO4/c1-16(20,11-6-3-2-4-7-11)10-21-14-12(15(18)19)8-5-9-13(14)17/h2-9,20H,10H2,1H3,(H,18,19). The Labute approximate surface area is 131 Å². The van der Waals surface area contributed by atoms with Crippen LogP contribution in [0.25, 0.3) is 0 Å². The highest BCUT2D eigenvalue weighted by Crippen LogP contribution is 2.31. The van der Waals surface area contributed by atoms with E-state index in [-0.39, 0.29) is 17.9 Å². The fraction of sp³-hybridized carbons (Fsp3) is 0.188. The van der Waals surface area contributed by atoms with Crippen LogP contribution in [-0.4, -0.2) is 22.8 Å². The van der Waals surface area contributed by atoms with Crippen molar-refractivity contribution in [1.29, 1.82) is 0 Å². The van der Waals surface area contributed by atoms with Gasteiger partial charge in [0.05, 0.1) is 4.47 Å². The van der Waals surface area contributed by atoms with E-state index >= 15 is 0 Å². The highest BCUT2D eigenvalue weighted by Gasteiger charge is 2.25. The molecule has 0 aliphatic rings. The number of para-hydroxylation sites is 1. The van der Waals surface area contributed by atoms with Crippen molar-refractivity contribution in [3.8, 4) is 5.75 Å². The Balaban J connectivity index is 2.22. The Morgan fingerprint density at radius 2 is 1.86 bits per heavy atom. The third kappa shape index (κ3) is 3.62. The second kappa shape index (κ2) is 6.28. The molecule has 5 heteroatoms. The Morgan fingerprint density at radius 1 is 1.19 bits per heavy atom. The predicted octanol–water partition coefficient (Wildman–Crippen LogP) is 3.43. The van der Waals surface area contributed by atoms with Crippen molar-refractivity contribution in [3.63, 3.8) is 0 Å². The van der Waals surface area contributed by atoms with E-state index in [0.717, 1.165) is 0 Å². The van der Waals surface area contributed by atoms with Gasteiger partial charge in [0.15, 0.2) is 0 Å². The number of carboxylic acid groups (broad SMARTS) is 1. The van der Waals surface area contributed by atoms with Crippen molar-refractivity contribution >= 4 is 21.9 Å². The van der Waals surface area contributed by atoms with Crippen molar-refractivity contribution < 1.29 is 19.7 Å². The zero-order valence-corrected chi connectivity index (χ0v) is 13.0. The van der Waals surface area contributed by atoms with Gasteiger partial charge in [-0.25, -0.2) is 4.79 Å². The van der Waals surface area contributed by atoms with Crippen LogP contribution >= 0.6 is 15.9 Å². The van der Waals surface area contributed by atoms with E-state index in [0.29, 0.717) is 10.0 Å². The van der Waals surface area contributed by atoms with Crippen LogP contribution in [0.4, 0.5) is 0 Å². The summed E-state index contributed by atoms with van der Waals surface area (Å²) in [5, 5.41) is 19.7. The predicted molar refractivity (Wildman–Crippen MR) is 82.6 cm³/mol. The monoisotopic (exact) mass is 350 g/mol. The van der Waals surface area contributed by atoms with Gasteiger partial charge in [-0.1, -0.05) is 36.4 Å². The lowest BCUT2D eigenvalue weighted by Crippen LogP contribution is -2.29. The molecule has 0 bridgehead atoms. The van der Waals surface area contributed by atoms with Gasteiger partial charge in [-0.05, 0) is 40.5 Å². The van der Waals surface area contributed by atoms with Crippen LogP contribution in [0.3, 0.4) is 0 Å². The highest BCUT2D eigenvalue weighted by atomic mass is 79.9. The first-order valence-corrected chi connectivity index (χ1v) is 7.13. The summed E-state index contributed by atoms with van der Waals surface area (Å²) in [6, 6.07) is 13.9. The van der Waals surface area contributed by atoms with Gasteiger partial charge in [-0.2, -0.15) is 0 Å². The molecule has 0 aliphatic heterocycles. The van der Waals surface area contributed by atoms with Crippen LogP contribution in [0, 0.1) is 0 Å². The molecule has 4 nitrogen and oxygen atoms in total. The second-order valence-corrected chi connectivity index (χ2v) is 5.70. The number of carbonyl (C=O) groups is 1. The smallest absolute Gasteiger partial charge is 0.339 e. The zero-order valence-electron chi connectivity index (χ0n) is 11.4. The Kier molecular flexibility index (Phi) is 4.65. The molecule has 0 saturated heterocycles. The summed E-state index contributed by atoms with van der Waals surface area (Å²) in [6.45, 7) is 1.57. The van der Waals surface area contributed by atoms with Crippen LogP contribution < -0.4 is 4.74 Å². The summed E-state index contributed by atoms with van der Waals surface area (Å²) in [5.74, 6) is -0.869. The third-order valence-corrected chi connectivity index (χ3v) is 3.72. The first-order chi connectivity index (χ1) is 9.92. The summed E-state index contributed by atoms with van der Waals surface area (Å²) in [4.78, 5) is 11.2. The van der Waals surface area contributed by atoms with Crippen molar-refractivity contribution in [2.75, 3.05) is 6.61 Å². The summed E-state index contributed by atoms with van der Waals surface area (Å²) < 4.78 is 6.10. The Bertz CT molecular complexity index is 638. The van der Waals surface area contributed by atoms with E-state index in [1.807, 2.05) is 18.2 Å². The normalized spacial score (nSPS) is 13.5. The molecule has 0 aromatic heterocycles. The molecule has 0 fully saturated rings. The molecule has 1 unspecified atom stereocenters. The van der Waals surface area contributed by atoms with Crippen LogP contribution in [-0.2, 0) is 5.60 Å². The lowest BCUT2D eigenvalue weighted by Gasteiger charge is -2.24. The zero-order chi connectivity index (χ0) is 15.5.